The van der Waals surface area contributed by atoms with Crippen LogP contribution in [0.2, 0.25) is 0 Å². The van der Waals surface area contributed by atoms with Crippen LogP contribution in [0, 0.1) is 11.6 Å². The first-order valence-corrected chi connectivity index (χ1v) is 6.70. The van der Waals surface area contributed by atoms with Crippen LogP contribution in [0.4, 0.5) is 14.8 Å². The van der Waals surface area contributed by atoms with Crippen LogP contribution in [-0.4, -0.2) is 16.1 Å². The molecule has 0 fully saturated rings. The number of hydrogen-bond acceptors (Lipinski definition) is 5. The fraction of sp³-hybridized carbons (Fsp3) is 0. The van der Waals surface area contributed by atoms with Gasteiger partial charge in [-0.25, -0.2) is 8.78 Å². The topological polar surface area (TPSA) is 68.0 Å². The number of carbonyl (C=O) groups excluding carboxylic acids is 1. The lowest BCUT2D eigenvalue weighted by atomic mass is 10.2. The number of nitrogens with one attached hydrogen (secondary N) is 1. The Labute approximate surface area is 121 Å². The van der Waals surface area contributed by atoms with E-state index in [-0.39, 0.29) is 17.5 Å². The van der Waals surface area contributed by atoms with Crippen molar-refractivity contribution in [1.29, 1.82) is 0 Å². The largest absolute Gasteiger partial charge is 0.403 e. The predicted octanol–water partition coefficient (Wildman–Crippen LogP) is 3.33. The van der Waals surface area contributed by atoms with E-state index >= 15 is 0 Å². The molecule has 0 atom stereocenters. The molecule has 0 bridgehead atoms. The van der Waals surface area contributed by atoms with Crippen molar-refractivity contribution in [2.75, 3.05) is 5.32 Å². The zero-order valence-corrected chi connectivity index (χ0v) is 11.2. The molecule has 0 aliphatic heterocycles. The van der Waals surface area contributed by atoms with Crippen molar-refractivity contribution >= 4 is 23.3 Å². The highest BCUT2D eigenvalue weighted by molar-refractivity contribution is 7.08. The number of rotatable bonds is 3. The summed E-state index contributed by atoms with van der Waals surface area (Å²) < 4.78 is 31.1. The van der Waals surface area contributed by atoms with E-state index in [4.69, 9.17) is 4.42 Å². The van der Waals surface area contributed by atoms with Gasteiger partial charge < -0.3 is 4.42 Å². The maximum Gasteiger partial charge on any atom is 0.322 e. The lowest BCUT2D eigenvalue weighted by Gasteiger charge is -2.01. The summed E-state index contributed by atoms with van der Waals surface area (Å²) in [6.07, 6.45) is 0. The molecule has 1 N–H and O–H groups in total. The number of amides is 1. The molecular formula is C13H7F2N3O2S. The molecule has 3 rings (SSSR count). The average molecular weight is 307 g/mol. The van der Waals surface area contributed by atoms with E-state index in [1.54, 1.807) is 6.07 Å². The summed E-state index contributed by atoms with van der Waals surface area (Å²) in [6, 6.07) is 4.49. The Morgan fingerprint density at radius 3 is 2.76 bits per heavy atom. The molecule has 2 heterocycles. The van der Waals surface area contributed by atoms with Crippen LogP contribution in [0.15, 0.2) is 39.4 Å². The lowest BCUT2D eigenvalue weighted by molar-refractivity contribution is 0.102. The quantitative estimate of drug-likeness (QED) is 0.806. The fourth-order valence-electron chi connectivity index (χ4n) is 1.58. The lowest BCUT2D eigenvalue weighted by Crippen LogP contribution is -2.12. The van der Waals surface area contributed by atoms with Crippen LogP contribution in [-0.2, 0) is 0 Å². The summed E-state index contributed by atoms with van der Waals surface area (Å²) >= 11 is 1.47. The average Bonchev–Trinajstić information content (AvgIpc) is 3.12. The summed E-state index contributed by atoms with van der Waals surface area (Å²) in [5.41, 5.74) is 0.685. The van der Waals surface area contributed by atoms with E-state index in [0.717, 1.165) is 23.8 Å². The van der Waals surface area contributed by atoms with Gasteiger partial charge >= 0.3 is 6.01 Å². The Bertz CT molecular complexity index is 787. The molecule has 0 aliphatic rings. The van der Waals surface area contributed by atoms with Gasteiger partial charge in [0, 0.05) is 16.5 Å². The molecule has 2 aromatic heterocycles. The maximum atomic E-state index is 13.1. The van der Waals surface area contributed by atoms with E-state index in [1.807, 2.05) is 10.8 Å². The Kier molecular flexibility index (Phi) is 3.44. The minimum absolute atomic E-state index is 0.0517. The zero-order valence-electron chi connectivity index (χ0n) is 10.3. The van der Waals surface area contributed by atoms with Gasteiger partial charge in [0.15, 0.2) is 11.6 Å². The second-order valence-corrected chi connectivity index (χ2v) is 4.79. The Hall–Kier alpha value is -2.61. The van der Waals surface area contributed by atoms with Gasteiger partial charge in [-0.3, -0.25) is 10.1 Å². The second kappa shape index (κ2) is 5.41. The van der Waals surface area contributed by atoms with Crippen molar-refractivity contribution in [3.8, 4) is 11.5 Å². The van der Waals surface area contributed by atoms with Gasteiger partial charge in [0.05, 0.1) is 0 Å². The minimum Gasteiger partial charge on any atom is -0.403 e. The molecule has 0 unspecified atom stereocenters. The zero-order chi connectivity index (χ0) is 14.8. The summed E-state index contributed by atoms with van der Waals surface area (Å²) in [4.78, 5) is 11.8. The van der Waals surface area contributed by atoms with Crippen molar-refractivity contribution in [1.82, 2.24) is 10.2 Å². The van der Waals surface area contributed by atoms with Crippen LogP contribution in [0.1, 0.15) is 10.4 Å². The molecule has 8 heteroatoms. The number of nitrogens with zero attached hydrogens (tertiary/aromatic N) is 2. The molecule has 0 aliphatic carbocycles. The van der Waals surface area contributed by atoms with Crippen LogP contribution in [0.3, 0.4) is 0 Å². The third-order valence-corrected chi connectivity index (χ3v) is 3.28. The van der Waals surface area contributed by atoms with Crippen molar-refractivity contribution in [2.24, 2.45) is 0 Å². The summed E-state index contributed by atoms with van der Waals surface area (Å²) in [7, 11) is 0. The number of aromatic nitrogens is 2. The highest BCUT2D eigenvalue weighted by atomic mass is 32.1. The number of carbonyl (C=O) groups is 1. The standard InChI is InChI=1S/C13H7F2N3O2S/c14-9-2-1-7(5-10(9)15)11(19)16-13-18-17-12(20-13)8-3-4-21-6-8/h1-6H,(H,16,18,19). The summed E-state index contributed by atoms with van der Waals surface area (Å²) in [6.45, 7) is 0. The predicted molar refractivity (Wildman–Crippen MR) is 71.9 cm³/mol. The van der Waals surface area contributed by atoms with E-state index < -0.39 is 17.5 Å². The minimum atomic E-state index is -1.10. The monoisotopic (exact) mass is 307 g/mol. The summed E-state index contributed by atoms with van der Waals surface area (Å²) in [5, 5.41) is 13.4. The smallest absolute Gasteiger partial charge is 0.322 e. The van der Waals surface area contributed by atoms with Crippen molar-refractivity contribution < 1.29 is 18.0 Å². The highest BCUT2D eigenvalue weighted by Crippen LogP contribution is 2.22. The maximum absolute atomic E-state index is 13.1. The van der Waals surface area contributed by atoms with Gasteiger partial charge in [-0.15, -0.1) is 5.10 Å². The van der Waals surface area contributed by atoms with Crippen molar-refractivity contribution in [3.63, 3.8) is 0 Å². The van der Waals surface area contributed by atoms with E-state index in [2.05, 4.69) is 15.5 Å². The van der Waals surface area contributed by atoms with E-state index in [9.17, 15) is 13.6 Å². The number of halogens is 2. The Morgan fingerprint density at radius 2 is 2.05 bits per heavy atom. The molecule has 0 radical (unpaired) electrons. The molecule has 1 aromatic carbocycles. The first-order chi connectivity index (χ1) is 10.1. The van der Waals surface area contributed by atoms with Gasteiger partial charge in [0.2, 0.25) is 0 Å². The molecular weight excluding hydrogens is 300 g/mol. The number of benzene rings is 1. The van der Waals surface area contributed by atoms with Gasteiger partial charge in [0.25, 0.3) is 11.8 Å². The summed E-state index contributed by atoms with van der Waals surface area (Å²) in [5.74, 6) is -2.54. The third-order valence-electron chi connectivity index (χ3n) is 2.60. The first-order valence-electron chi connectivity index (χ1n) is 5.76. The normalized spacial score (nSPS) is 10.6. The molecule has 5 nitrogen and oxygen atoms in total. The third kappa shape index (κ3) is 2.79. The van der Waals surface area contributed by atoms with Gasteiger partial charge in [-0.2, -0.15) is 11.3 Å². The molecule has 0 saturated heterocycles. The van der Waals surface area contributed by atoms with Gasteiger partial charge in [-0.1, -0.05) is 5.10 Å². The van der Waals surface area contributed by atoms with E-state index in [1.165, 1.54) is 11.3 Å². The first kappa shape index (κ1) is 13.4. The van der Waals surface area contributed by atoms with Crippen molar-refractivity contribution in [2.45, 2.75) is 0 Å². The molecule has 106 valence electrons. The van der Waals surface area contributed by atoms with Crippen molar-refractivity contribution in [3.05, 3.63) is 52.2 Å². The number of hydrogen-bond donors (Lipinski definition) is 1. The highest BCUT2D eigenvalue weighted by Gasteiger charge is 2.14. The Balaban J connectivity index is 1.77. The van der Waals surface area contributed by atoms with Crippen LogP contribution in [0.5, 0.6) is 0 Å². The van der Waals surface area contributed by atoms with Crippen LogP contribution >= 0.6 is 11.3 Å². The van der Waals surface area contributed by atoms with Crippen LogP contribution in [0.25, 0.3) is 11.5 Å². The Morgan fingerprint density at radius 1 is 1.19 bits per heavy atom. The molecule has 1 amide bonds. The van der Waals surface area contributed by atoms with Crippen LogP contribution < -0.4 is 5.32 Å². The molecule has 3 aromatic rings. The second-order valence-electron chi connectivity index (χ2n) is 4.01. The van der Waals surface area contributed by atoms with E-state index in [0.29, 0.717) is 0 Å². The molecule has 0 spiro atoms. The SMILES string of the molecule is O=C(Nc1nnc(-c2ccsc2)o1)c1ccc(F)c(F)c1. The molecule has 21 heavy (non-hydrogen) atoms. The van der Waals surface area contributed by atoms with Gasteiger partial charge in [0.1, 0.15) is 0 Å². The number of thiophene rings is 1. The van der Waals surface area contributed by atoms with Gasteiger partial charge in [-0.05, 0) is 29.6 Å². The number of anilines is 1. The molecule has 0 saturated carbocycles. The fourth-order valence-corrected chi connectivity index (χ4v) is 2.21.